The molecule has 7 heteroatoms. The maximum atomic E-state index is 12.0. The van der Waals surface area contributed by atoms with Gasteiger partial charge in [0, 0.05) is 25.6 Å². The van der Waals surface area contributed by atoms with Gasteiger partial charge in [-0.05, 0) is 44.7 Å². The number of carbonyl (C=O) groups is 2. The third-order valence-electron chi connectivity index (χ3n) is 4.70. The molecule has 3 heterocycles. The van der Waals surface area contributed by atoms with Crippen molar-refractivity contribution in [3.63, 3.8) is 0 Å². The van der Waals surface area contributed by atoms with Crippen LogP contribution >= 0.6 is 0 Å². The maximum absolute atomic E-state index is 12.0. The van der Waals surface area contributed by atoms with E-state index in [-0.39, 0.29) is 18.0 Å². The van der Waals surface area contributed by atoms with Crippen molar-refractivity contribution >= 4 is 23.4 Å². The zero-order chi connectivity index (χ0) is 17.1. The van der Waals surface area contributed by atoms with E-state index >= 15 is 0 Å². The molecule has 2 aliphatic rings. The quantitative estimate of drug-likeness (QED) is 0.788. The molecule has 0 bridgehead atoms. The monoisotopic (exact) mass is 331 g/mol. The number of nitrogens with zero attached hydrogens (tertiary/aromatic N) is 2. The van der Waals surface area contributed by atoms with Gasteiger partial charge in [-0.15, -0.1) is 0 Å². The van der Waals surface area contributed by atoms with Crippen molar-refractivity contribution in [2.75, 3.05) is 23.3 Å². The van der Waals surface area contributed by atoms with Gasteiger partial charge in [0.05, 0.1) is 17.9 Å². The van der Waals surface area contributed by atoms with E-state index in [1.54, 1.807) is 6.20 Å². The SMILES string of the molecule is Cc1cc(NC(=O)N[C@@H]2CNC(=O)C2)cnc1N1CCCC[C@H]1C. The van der Waals surface area contributed by atoms with Crippen molar-refractivity contribution < 1.29 is 9.59 Å². The van der Waals surface area contributed by atoms with Gasteiger partial charge in [0.15, 0.2) is 0 Å². The van der Waals surface area contributed by atoms with Crippen molar-refractivity contribution in [1.82, 2.24) is 15.6 Å². The van der Waals surface area contributed by atoms with Gasteiger partial charge in [-0.3, -0.25) is 4.79 Å². The molecule has 130 valence electrons. The van der Waals surface area contributed by atoms with Crippen molar-refractivity contribution in [3.8, 4) is 0 Å². The summed E-state index contributed by atoms with van der Waals surface area (Å²) >= 11 is 0. The predicted octanol–water partition coefficient (Wildman–Crippen LogP) is 1.78. The third-order valence-corrected chi connectivity index (χ3v) is 4.70. The molecule has 0 spiro atoms. The van der Waals surface area contributed by atoms with Gasteiger partial charge in [0.2, 0.25) is 5.91 Å². The smallest absolute Gasteiger partial charge is 0.319 e. The molecule has 0 saturated carbocycles. The molecule has 24 heavy (non-hydrogen) atoms. The van der Waals surface area contributed by atoms with E-state index in [0.717, 1.165) is 17.9 Å². The van der Waals surface area contributed by atoms with E-state index in [1.165, 1.54) is 19.3 Å². The number of aromatic nitrogens is 1. The number of amides is 3. The molecule has 0 unspecified atom stereocenters. The number of carbonyl (C=O) groups excluding carboxylic acids is 2. The lowest BCUT2D eigenvalue weighted by atomic mass is 10.0. The molecule has 1 aromatic rings. The highest BCUT2D eigenvalue weighted by atomic mass is 16.2. The molecule has 1 aromatic heterocycles. The molecule has 0 radical (unpaired) electrons. The predicted molar refractivity (Wildman–Crippen MR) is 93.2 cm³/mol. The number of nitrogens with one attached hydrogen (secondary N) is 3. The molecule has 0 aromatic carbocycles. The second-order valence-electron chi connectivity index (χ2n) is 6.71. The van der Waals surface area contributed by atoms with Crippen LogP contribution in [0.1, 0.15) is 38.2 Å². The minimum Gasteiger partial charge on any atom is -0.354 e. The Balaban J connectivity index is 1.61. The van der Waals surface area contributed by atoms with Gasteiger partial charge in [0.25, 0.3) is 0 Å². The molecular formula is C17H25N5O2. The minimum atomic E-state index is -0.309. The molecule has 0 aliphatic carbocycles. The standard InChI is InChI=1S/C17H25N5O2/c1-11-7-13(20-17(24)21-14-8-15(23)18-9-14)10-19-16(11)22-6-4-3-5-12(22)2/h7,10,12,14H,3-6,8-9H2,1-2H3,(H,18,23)(H2,20,21,24)/t12-,14+/m1/s1. The summed E-state index contributed by atoms with van der Waals surface area (Å²) in [6, 6.07) is 1.98. The van der Waals surface area contributed by atoms with Crippen LogP contribution in [0.15, 0.2) is 12.3 Å². The lowest BCUT2D eigenvalue weighted by Gasteiger charge is -2.35. The number of hydrogen-bond donors (Lipinski definition) is 3. The zero-order valence-electron chi connectivity index (χ0n) is 14.3. The van der Waals surface area contributed by atoms with Crippen LogP contribution in [-0.2, 0) is 4.79 Å². The first-order valence-corrected chi connectivity index (χ1v) is 8.60. The van der Waals surface area contributed by atoms with Crippen molar-refractivity contribution in [2.45, 2.75) is 51.6 Å². The van der Waals surface area contributed by atoms with Crippen molar-refractivity contribution in [3.05, 3.63) is 17.8 Å². The average Bonchev–Trinajstić information content (AvgIpc) is 2.93. The maximum Gasteiger partial charge on any atom is 0.319 e. The van der Waals surface area contributed by atoms with Crippen LogP contribution in [0.2, 0.25) is 0 Å². The molecule has 3 rings (SSSR count). The molecule has 3 amide bonds. The van der Waals surface area contributed by atoms with E-state index in [0.29, 0.717) is 24.7 Å². The van der Waals surface area contributed by atoms with Crippen LogP contribution in [0, 0.1) is 6.92 Å². The van der Waals surface area contributed by atoms with Crippen LogP contribution < -0.4 is 20.9 Å². The Morgan fingerprint density at radius 2 is 2.25 bits per heavy atom. The van der Waals surface area contributed by atoms with Gasteiger partial charge in [-0.1, -0.05) is 0 Å². The van der Waals surface area contributed by atoms with Crippen LogP contribution in [-0.4, -0.2) is 42.1 Å². The van der Waals surface area contributed by atoms with E-state index in [1.807, 2.05) is 13.0 Å². The number of anilines is 2. The Hall–Kier alpha value is -2.31. The summed E-state index contributed by atoms with van der Waals surface area (Å²) in [6.45, 7) is 5.77. The van der Waals surface area contributed by atoms with E-state index in [9.17, 15) is 9.59 Å². The van der Waals surface area contributed by atoms with Gasteiger partial charge >= 0.3 is 6.03 Å². The van der Waals surface area contributed by atoms with Crippen molar-refractivity contribution in [2.24, 2.45) is 0 Å². The fourth-order valence-electron chi connectivity index (χ4n) is 3.41. The Bertz CT molecular complexity index is 633. The van der Waals surface area contributed by atoms with Gasteiger partial charge < -0.3 is 20.9 Å². The average molecular weight is 331 g/mol. The zero-order valence-corrected chi connectivity index (χ0v) is 14.3. The molecule has 3 N–H and O–H groups in total. The van der Waals surface area contributed by atoms with Gasteiger partial charge in [-0.2, -0.15) is 0 Å². The van der Waals surface area contributed by atoms with Crippen LogP contribution in [0.4, 0.5) is 16.3 Å². The minimum absolute atomic E-state index is 0.0298. The van der Waals surface area contributed by atoms with Gasteiger partial charge in [-0.25, -0.2) is 9.78 Å². The molecule has 2 aliphatic heterocycles. The highest BCUT2D eigenvalue weighted by Gasteiger charge is 2.23. The van der Waals surface area contributed by atoms with E-state index < -0.39 is 0 Å². The second kappa shape index (κ2) is 7.07. The molecule has 7 nitrogen and oxygen atoms in total. The number of urea groups is 1. The first-order valence-electron chi connectivity index (χ1n) is 8.60. The summed E-state index contributed by atoms with van der Waals surface area (Å²) in [7, 11) is 0. The topological polar surface area (TPSA) is 86.4 Å². The Morgan fingerprint density at radius 3 is 2.92 bits per heavy atom. The lowest BCUT2D eigenvalue weighted by Crippen LogP contribution is -2.39. The summed E-state index contributed by atoms with van der Waals surface area (Å²) in [5.41, 5.74) is 1.72. The van der Waals surface area contributed by atoms with Crippen molar-refractivity contribution in [1.29, 1.82) is 0 Å². The van der Waals surface area contributed by atoms with E-state index in [4.69, 9.17) is 0 Å². The fraction of sp³-hybridized carbons (Fsp3) is 0.588. The highest BCUT2D eigenvalue weighted by molar-refractivity contribution is 5.90. The Labute approximate surface area is 142 Å². The summed E-state index contributed by atoms with van der Waals surface area (Å²) < 4.78 is 0. The third kappa shape index (κ3) is 3.77. The number of rotatable bonds is 3. The summed E-state index contributed by atoms with van der Waals surface area (Å²) in [5, 5.41) is 8.28. The van der Waals surface area contributed by atoms with Gasteiger partial charge in [0.1, 0.15) is 5.82 Å². The fourth-order valence-corrected chi connectivity index (χ4v) is 3.41. The number of hydrogen-bond acceptors (Lipinski definition) is 4. The molecular weight excluding hydrogens is 306 g/mol. The number of piperidine rings is 1. The highest BCUT2D eigenvalue weighted by Crippen LogP contribution is 2.27. The van der Waals surface area contributed by atoms with E-state index in [2.05, 4.69) is 32.8 Å². The summed E-state index contributed by atoms with van der Waals surface area (Å²) in [4.78, 5) is 30.1. The summed E-state index contributed by atoms with van der Waals surface area (Å²) in [6.07, 6.45) is 5.69. The molecule has 2 atom stereocenters. The first-order chi connectivity index (χ1) is 11.5. The van der Waals surface area contributed by atoms with Crippen LogP contribution in [0.25, 0.3) is 0 Å². The lowest BCUT2D eigenvalue weighted by molar-refractivity contribution is -0.119. The number of aryl methyl sites for hydroxylation is 1. The second-order valence-corrected chi connectivity index (χ2v) is 6.71. The van der Waals surface area contributed by atoms with Crippen LogP contribution in [0.3, 0.4) is 0 Å². The van der Waals surface area contributed by atoms with Crippen LogP contribution in [0.5, 0.6) is 0 Å². The number of pyridine rings is 1. The summed E-state index contributed by atoms with van der Waals surface area (Å²) in [5.74, 6) is 0.969. The molecule has 2 fully saturated rings. The molecule has 2 saturated heterocycles. The first kappa shape index (κ1) is 16.5. The normalized spacial score (nSPS) is 23.8. The Kier molecular flexibility index (Phi) is 4.87. The Morgan fingerprint density at radius 1 is 1.42 bits per heavy atom. The largest absolute Gasteiger partial charge is 0.354 e.